The molecule has 0 bridgehead atoms. The van der Waals surface area contributed by atoms with Gasteiger partial charge in [0.2, 0.25) is 5.91 Å². The van der Waals surface area contributed by atoms with Gasteiger partial charge in [0.1, 0.15) is 0 Å². The van der Waals surface area contributed by atoms with Crippen molar-refractivity contribution in [2.24, 2.45) is 11.7 Å². The number of carbonyl (C=O) groups is 1. The Labute approximate surface area is 79.7 Å². The summed E-state index contributed by atoms with van der Waals surface area (Å²) >= 11 is 0. The third kappa shape index (κ3) is 2.64. The van der Waals surface area contributed by atoms with Gasteiger partial charge >= 0.3 is 0 Å². The number of hydrogen-bond acceptors (Lipinski definition) is 2. The maximum absolute atomic E-state index is 11.4. The highest BCUT2D eigenvalue weighted by atomic mass is 35.5. The molecule has 2 unspecified atom stereocenters. The van der Waals surface area contributed by atoms with Gasteiger partial charge in [0.15, 0.2) is 0 Å². The lowest BCUT2D eigenvalue weighted by Gasteiger charge is -2.15. The van der Waals surface area contributed by atoms with E-state index >= 15 is 0 Å². The summed E-state index contributed by atoms with van der Waals surface area (Å²) in [7, 11) is 3.60. The Kier molecular flexibility index (Phi) is 4.57. The van der Waals surface area contributed by atoms with E-state index in [1.165, 1.54) is 0 Å². The molecule has 1 aliphatic rings. The quantitative estimate of drug-likeness (QED) is 0.663. The van der Waals surface area contributed by atoms with Crippen LogP contribution < -0.4 is 5.73 Å². The second-order valence-corrected chi connectivity index (χ2v) is 3.50. The minimum absolute atomic E-state index is 0. The van der Waals surface area contributed by atoms with E-state index in [-0.39, 0.29) is 30.3 Å². The van der Waals surface area contributed by atoms with E-state index in [9.17, 15) is 4.79 Å². The highest BCUT2D eigenvalue weighted by Gasteiger charge is 2.28. The zero-order valence-electron chi connectivity index (χ0n) is 7.62. The molecule has 1 aliphatic carbocycles. The molecule has 0 aromatic heterocycles. The van der Waals surface area contributed by atoms with Gasteiger partial charge in [-0.05, 0) is 19.3 Å². The smallest absolute Gasteiger partial charge is 0.225 e. The first-order valence-electron chi connectivity index (χ1n) is 4.08. The molecule has 0 aromatic carbocycles. The molecule has 0 heterocycles. The van der Waals surface area contributed by atoms with Gasteiger partial charge in [0.05, 0.1) is 0 Å². The zero-order chi connectivity index (χ0) is 8.43. The zero-order valence-corrected chi connectivity index (χ0v) is 8.43. The monoisotopic (exact) mass is 192 g/mol. The van der Waals surface area contributed by atoms with Crippen molar-refractivity contribution in [3.8, 4) is 0 Å². The van der Waals surface area contributed by atoms with E-state index in [1.54, 1.807) is 19.0 Å². The predicted octanol–water partition coefficient (Wildman–Crippen LogP) is 0.624. The van der Waals surface area contributed by atoms with Crippen LogP contribution in [0, 0.1) is 5.92 Å². The second kappa shape index (κ2) is 4.67. The van der Waals surface area contributed by atoms with E-state index < -0.39 is 0 Å². The first-order valence-corrected chi connectivity index (χ1v) is 4.08. The molecule has 0 saturated heterocycles. The Hall–Kier alpha value is -0.280. The average Bonchev–Trinajstić information content (AvgIpc) is 2.34. The number of rotatable bonds is 1. The van der Waals surface area contributed by atoms with Crippen LogP contribution in [0.5, 0.6) is 0 Å². The van der Waals surface area contributed by atoms with E-state index in [2.05, 4.69) is 0 Å². The van der Waals surface area contributed by atoms with E-state index in [0.29, 0.717) is 0 Å². The number of nitrogens with zero attached hydrogens (tertiary/aromatic N) is 1. The minimum atomic E-state index is 0. The molecule has 0 spiro atoms. The Morgan fingerprint density at radius 3 is 2.33 bits per heavy atom. The molecule has 12 heavy (non-hydrogen) atoms. The summed E-state index contributed by atoms with van der Waals surface area (Å²) in [5.74, 6) is 0.429. The molecule has 2 N–H and O–H groups in total. The van der Waals surface area contributed by atoms with Crippen molar-refractivity contribution in [3.63, 3.8) is 0 Å². The molecular formula is C8H17ClN2O. The number of nitrogens with two attached hydrogens (primary N) is 1. The Morgan fingerprint density at radius 1 is 1.42 bits per heavy atom. The molecule has 1 saturated carbocycles. The summed E-state index contributed by atoms with van der Waals surface area (Å²) in [4.78, 5) is 13.0. The van der Waals surface area contributed by atoms with Crippen molar-refractivity contribution in [1.29, 1.82) is 0 Å². The molecule has 4 heteroatoms. The molecule has 1 rings (SSSR count). The van der Waals surface area contributed by atoms with Gasteiger partial charge in [-0.15, -0.1) is 12.4 Å². The van der Waals surface area contributed by atoms with Crippen molar-refractivity contribution >= 4 is 18.3 Å². The van der Waals surface area contributed by atoms with Crippen LogP contribution in [0.15, 0.2) is 0 Å². The van der Waals surface area contributed by atoms with E-state index in [4.69, 9.17) is 5.73 Å². The lowest BCUT2D eigenvalue weighted by molar-refractivity contribution is -0.132. The highest BCUT2D eigenvalue weighted by Crippen LogP contribution is 2.25. The van der Waals surface area contributed by atoms with Crippen LogP contribution in [0.25, 0.3) is 0 Å². The van der Waals surface area contributed by atoms with Gasteiger partial charge in [-0.25, -0.2) is 0 Å². The largest absolute Gasteiger partial charge is 0.349 e. The first-order chi connectivity index (χ1) is 5.11. The molecule has 1 fully saturated rings. The molecule has 0 radical (unpaired) electrons. The lowest BCUT2D eigenvalue weighted by atomic mass is 10.1. The second-order valence-electron chi connectivity index (χ2n) is 3.50. The fourth-order valence-corrected chi connectivity index (χ4v) is 1.61. The fourth-order valence-electron chi connectivity index (χ4n) is 1.61. The van der Waals surface area contributed by atoms with Gasteiger partial charge in [0, 0.05) is 26.1 Å². The van der Waals surface area contributed by atoms with Gasteiger partial charge < -0.3 is 10.6 Å². The summed E-state index contributed by atoms with van der Waals surface area (Å²) in [6.45, 7) is 0. The standard InChI is InChI=1S/C8H16N2O.ClH/c1-10(2)8(11)6-3-4-7(9)5-6;/h6-7H,3-5,9H2,1-2H3;1H. The minimum Gasteiger partial charge on any atom is -0.349 e. The Morgan fingerprint density at radius 2 is 2.00 bits per heavy atom. The summed E-state index contributed by atoms with van der Waals surface area (Å²) in [6, 6.07) is 0.254. The number of hydrogen-bond donors (Lipinski definition) is 1. The Balaban J connectivity index is 0.00000121. The maximum atomic E-state index is 11.4. The van der Waals surface area contributed by atoms with E-state index in [1.807, 2.05) is 0 Å². The normalized spacial score (nSPS) is 27.9. The van der Waals surface area contributed by atoms with Crippen LogP contribution in [0.4, 0.5) is 0 Å². The van der Waals surface area contributed by atoms with Crippen molar-refractivity contribution in [1.82, 2.24) is 4.90 Å². The summed E-state index contributed by atoms with van der Waals surface area (Å²) in [5, 5.41) is 0. The SMILES string of the molecule is CN(C)C(=O)C1CCC(N)C1.Cl. The van der Waals surface area contributed by atoms with Crippen LogP contribution >= 0.6 is 12.4 Å². The van der Waals surface area contributed by atoms with Crippen LogP contribution in [0.3, 0.4) is 0 Å². The molecule has 3 nitrogen and oxygen atoms in total. The third-order valence-electron chi connectivity index (χ3n) is 2.26. The van der Waals surface area contributed by atoms with Crippen LogP contribution in [-0.4, -0.2) is 30.9 Å². The molecule has 1 amide bonds. The molecular weight excluding hydrogens is 176 g/mol. The first kappa shape index (κ1) is 11.7. The summed E-state index contributed by atoms with van der Waals surface area (Å²) < 4.78 is 0. The number of amides is 1. The molecule has 2 atom stereocenters. The van der Waals surface area contributed by atoms with Gasteiger partial charge in [-0.3, -0.25) is 4.79 Å². The van der Waals surface area contributed by atoms with Crippen molar-refractivity contribution in [2.75, 3.05) is 14.1 Å². The molecule has 0 aromatic rings. The molecule has 72 valence electrons. The highest BCUT2D eigenvalue weighted by molar-refractivity contribution is 5.85. The van der Waals surface area contributed by atoms with Crippen molar-refractivity contribution in [3.05, 3.63) is 0 Å². The number of halogens is 1. The fraction of sp³-hybridized carbons (Fsp3) is 0.875. The van der Waals surface area contributed by atoms with Gasteiger partial charge in [0.25, 0.3) is 0 Å². The van der Waals surface area contributed by atoms with Gasteiger partial charge in [-0.2, -0.15) is 0 Å². The average molecular weight is 193 g/mol. The molecule has 0 aliphatic heterocycles. The maximum Gasteiger partial charge on any atom is 0.225 e. The van der Waals surface area contributed by atoms with Crippen LogP contribution in [-0.2, 0) is 4.79 Å². The van der Waals surface area contributed by atoms with Crippen LogP contribution in [0.2, 0.25) is 0 Å². The lowest BCUT2D eigenvalue weighted by Crippen LogP contribution is -2.29. The third-order valence-corrected chi connectivity index (χ3v) is 2.26. The topological polar surface area (TPSA) is 46.3 Å². The van der Waals surface area contributed by atoms with Crippen LogP contribution in [0.1, 0.15) is 19.3 Å². The summed E-state index contributed by atoms with van der Waals surface area (Å²) in [5.41, 5.74) is 5.69. The predicted molar refractivity (Wildman–Crippen MR) is 51.3 cm³/mol. The van der Waals surface area contributed by atoms with Crippen molar-refractivity contribution in [2.45, 2.75) is 25.3 Å². The van der Waals surface area contributed by atoms with Gasteiger partial charge in [-0.1, -0.05) is 0 Å². The number of carbonyl (C=O) groups excluding carboxylic acids is 1. The Bertz CT molecular complexity index is 161. The summed E-state index contributed by atoms with van der Waals surface area (Å²) in [6.07, 6.45) is 2.85. The van der Waals surface area contributed by atoms with E-state index in [0.717, 1.165) is 19.3 Å². The van der Waals surface area contributed by atoms with Crippen molar-refractivity contribution < 1.29 is 4.79 Å².